The lowest BCUT2D eigenvalue weighted by atomic mass is 9.79. The molecule has 0 radical (unpaired) electrons. The van der Waals surface area contributed by atoms with Crippen molar-refractivity contribution in [3.63, 3.8) is 0 Å². The van der Waals surface area contributed by atoms with E-state index in [9.17, 15) is 22.8 Å². The number of hydrogen-bond acceptors (Lipinski definition) is 7. The van der Waals surface area contributed by atoms with E-state index in [2.05, 4.69) is 15.0 Å². The minimum absolute atomic E-state index is 0.131. The maximum atomic E-state index is 12.8. The number of halogens is 3. The summed E-state index contributed by atoms with van der Waals surface area (Å²) in [7, 11) is 0. The minimum Gasteiger partial charge on any atom is -0.465 e. The molecule has 7 nitrogen and oxygen atoms in total. The molecule has 1 saturated heterocycles. The molecule has 1 aliphatic heterocycles. The topological polar surface area (TPSA) is 85.5 Å². The molecule has 2 heterocycles. The Bertz CT molecular complexity index is 1170. The SMILES string of the molecule is CCOC(=O)C1(C=O)CCN(Cc2ccc(-c3noc(-c4ccc(C(F)(F)F)cc4)n3)cc2)CC1. The summed E-state index contributed by atoms with van der Waals surface area (Å²) in [6, 6.07) is 12.1. The fourth-order valence-electron chi connectivity index (χ4n) is 4.03. The quantitative estimate of drug-likeness (QED) is 0.270. The lowest BCUT2D eigenvalue weighted by molar-refractivity contribution is -0.160. The van der Waals surface area contributed by atoms with Crippen LogP contribution in [0.15, 0.2) is 53.1 Å². The number of aromatic nitrogens is 2. The van der Waals surface area contributed by atoms with Gasteiger partial charge in [-0.05, 0) is 49.6 Å². The fourth-order valence-corrected chi connectivity index (χ4v) is 4.03. The van der Waals surface area contributed by atoms with E-state index in [4.69, 9.17) is 9.26 Å². The number of aldehydes is 1. The maximum absolute atomic E-state index is 12.8. The van der Waals surface area contributed by atoms with Gasteiger partial charge in [-0.1, -0.05) is 29.4 Å². The molecule has 1 aromatic heterocycles. The second kappa shape index (κ2) is 9.99. The van der Waals surface area contributed by atoms with Gasteiger partial charge in [0.2, 0.25) is 5.82 Å². The van der Waals surface area contributed by atoms with E-state index in [1.807, 2.05) is 24.3 Å². The third-order valence-corrected chi connectivity index (χ3v) is 6.16. The Kier molecular flexibility index (Phi) is 7.02. The average Bonchev–Trinajstić information content (AvgIpc) is 3.35. The van der Waals surface area contributed by atoms with Crippen molar-refractivity contribution in [2.24, 2.45) is 5.41 Å². The largest absolute Gasteiger partial charge is 0.465 e. The van der Waals surface area contributed by atoms with Crippen LogP contribution >= 0.6 is 0 Å². The van der Waals surface area contributed by atoms with Crippen LogP contribution in [0.3, 0.4) is 0 Å². The molecular formula is C25H24F3N3O4. The summed E-state index contributed by atoms with van der Waals surface area (Å²) in [5.74, 6) is 0.00998. The Morgan fingerprint density at radius 3 is 2.29 bits per heavy atom. The van der Waals surface area contributed by atoms with Gasteiger partial charge in [0.1, 0.15) is 11.7 Å². The van der Waals surface area contributed by atoms with Crippen LogP contribution in [0.25, 0.3) is 22.8 Å². The molecule has 1 fully saturated rings. The van der Waals surface area contributed by atoms with Crippen LogP contribution in [-0.4, -0.2) is 47.0 Å². The molecule has 3 aromatic rings. The smallest absolute Gasteiger partial charge is 0.416 e. The van der Waals surface area contributed by atoms with Crippen LogP contribution in [0.1, 0.15) is 30.9 Å². The summed E-state index contributed by atoms with van der Waals surface area (Å²) < 4.78 is 48.6. The Balaban J connectivity index is 1.37. The molecule has 4 rings (SSSR count). The number of alkyl halides is 3. The molecule has 0 amide bonds. The van der Waals surface area contributed by atoms with Crippen LogP contribution in [0.4, 0.5) is 13.2 Å². The Labute approximate surface area is 199 Å². The molecule has 0 spiro atoms. The summed E-state index contributed by atoms with van der Waals surface area (Å²) >= 11 is 0. The van der Waals surface area contributed by atoms with Crippen LogP contribution < -0.4 is 0 Å². The number of benzene rings is 2. The summed E-state index contributed by atoms with van der Waals surface area (Å²) in [5, 5.41) is 3.94. The zero-order valence-corrected chi connectivity index (χ0v) is 19.0. The van der Waals surface area contributed by atoms with Crippen molar-refractivity contribution in [2.75, 3.05) is 19.7 Å². The molecule has 0 aliphatic carbocycles. The van der Waals surface area contributed by atoms with E-state index in [1.54, 1.807) is 6.92 Å². The molecule has 0 atom stereocenters. The summed E-state index contributed by atoms with van der Waals surface area (Å²) in [6.07, 6.45) is -2.85. The standard InChI is InChI=1S/C25H24F3N3O4/c1-2-34-23(33)24(16-32)11-13-31(14-12-24)15-17-3-5-18(6-4-17)21-29-22(35-30-21)19-7-9-20(10-8-19)25(26,27)28/h3-10,16H,2,11-15H2,1H3. The Morgan fingerprint density at radius 2 is 1.71 bits per heavy atom. The molecule has 0 N–H and O–H groups in total. The lowest BCUT2D eigenvalue weighted by Gasteiger charge is -2.36. The number of carbonyl (C=O) groups excluding carboxylic acids is 2. The van der Waals surface area contributed by atoms with E-state index in [1.165, 1.54) is 12.1 Å². The van der Waals surface area contributed by atoms with Crippen LogP contribution in [0.5, 0.6) is 0 Å². The Hall–Kier alpha value is -3.53. The molecular weight excluding hydrogens is 463 g/mol. The third-order valence-electron chi connectivity index (χ3n) is 6.16. The van der Waals surface area contributed by atoms with E-state index in [-0.39, 0.29) is 12.5 Å². The van der Waals surface area contributed by atoms with Gasteiger partial charge in [0.15, 0.2) is 0 Å². The monoisotopic (exact) mass is 487 g/mol. The average molecular weight is 487 g/mol. The van der Waals surface area contributed by atoms with Gasteiger partial charge in [-0.15, -0.1) is 0 Å². The van der Waals surface area contributed by atoms with E-state index in [0.717, 1.165) is 24.0 Å². The molecule has 2 aromatic carbocycles. The van der Waals surface area contributed by atoms with Gasteiger partial charge in [-0.2, -0.15) is 18.2 Å². The van der Waals surface area contributed by atoms with Crippen molar-refractivity contribution in [1.29, 1.82) is 0 Å². The van der Waals surface area contributed by atoms with Crippen molar-refractivity contribution in [2.45, 2.75) is 32.5 Å². The molecule has 10 heteroatoms. The third kappa shape index (κ3) is 5.43. The zero-order valence-electron chi connectivity index (χ0n) is 19.0. The lowest BCUT2D eigenvalue weighted by Crippen LogP contribution is -2.45. The molecule has 0 unspecified atom stereocenters. The number of ether oxygens (including phenoxy) is 1. The van der Waals surface area contributed by atoms with E-state index >= 15 is 0 Å². The number of nitrogens with zero attached hydrogens (tertiary/aromatic N) is 3. The van der Waals surface area contributed by atoms with Gasteiger partial charge >= 0.3 is 12.1 Å². The summed E-state index contributed by atoms with van der Waals surface area (Å²) in [5.41, 5.74) is 0.335. The first kappa shape index (κ1) is 24.6. The fraction of sp³-hybridized carbons (Fsp3) is 0.360. The first-order valence-corrected chi connectivity index (χ1v) is 11.2. The predicted octanol–water partition coefficient (Wildman–Crippen LogP) is 4.77. The van der Waals surface area contributed by atoms with Gasteiger partial charge in [-0.25, -0.2) is 0 Å². The molecule has 184 valence electrons. The normalized spacial score (nSPS) is 16.1. The van der Waals surface area contributed by atoms with Crippen LogP contribution in [-0.2, 0) is 27.0 Å². The Morgan fingerprint density at radius 1 is 1.09 bits per heavy atom. The summed E-state index contributed by atoms with van der Waals surface area (Å²) in [6.45, 7) is 3.82. The first-order chi connectivity index (χ1) is 16.7. The second-order valence-corrected chi connectivity index (χ2v) is 8.47. The van der Waals surface area contributed by atoms with Crippen LogP contribution in [0, 0.1) is 5.41 Å². The van der Waals surface area contributed by atoms with Gasteiger partial charge in [-0.3, -0.25) is 9.69 Å². The predicted molar refractivity (Wildman–Crippen MR) is 120 cm³/mol. The zero-order chi connectivity index (χ0) is 25.1. The highest BCUT2D eigenvalue weighted by molar-refractivity contribution is 5.93. The van der Waals surface area contributed by atoms with Crippen molar-refractivity contribution in [1.82, 2.24) is 15.0 Å². The molecule has 1 aliphatic rings. The number of rotatable bonds is 7. The summed E-state index contributed by atoms with van der Waals surface area (Å²) in [4.78, 5) is 30.3. The van der Waals surface area contributed by atoms with E-state index < -0.39 is 23.1 Å². The van der Waals surface area contributed by atoms with Gasteiger partial charge < -0.3 is 14.1 Å². The molecule has 0 bridgehead atoms. The number of likely N-dealkylation sites (tertiary alicyclic amines) is 1. The second-order valence-electron chi connectivity index (χ2n) is 8.47. The van der Waals surface area contributed by atoms with Gasteiger partial charge in [0, 0.05) is 30.8 Å². The highest BCUT2D eigenvalue weighted by Gasteiger charge is 2.42. The van der Waals surface area contributed by atoms with Crippen molar-refractivity contribution in [3.8, 4) is 22.8 Å². The number of piperidine rings is 1. The first-order valence-electron chi connectivity index (χ1n) is 11.2. The van der Waals surface area contributed by atoms with Crippen molar-refractivity contribution < 1.29 is 32.0 Å². The molecule has 35 heavy (non-hydrogen) atoms. The number of esters is 1. The van der Waals surface area contributed by atoms with Gasteiger partial charge in [0.25, 0.3) is 5.89 Å². The van der Waals surface area contributed by atoms with Gasteiger partial charge in [0.05, 0.1) is 12.2 Å². The highest BCUT2D eigenvalue weighted by atomic mass is 19.4. The van der Waals surface area contributed by atoms with Crippen molar-refractivity contribution in [3.05, 3.63) is 59.7 Å². The highest BCUT2D eigenvalue weighted by Crippen LogP contribution is 2.33. The minimum atomic E-state index is -4.41. The number of hydrogen-bond donors (Lipinski definition) is 0. The van der Waals surface area contributed by atoms with Crippen molar-refractivity contribution >= 4 is 12.3 Å². The molecule has 0 saturated carbocycles. The number of carbonyl (C=O) groups is 2. The van der Waals surface area contributed by atoms with E-state index in [0.29, 0.717) is 49.4 Å². The maximum Gasteiger partial charge on any atom is 0.416 e. The van der Waals surface area contributed by atoms with Crippen LogP contribution in [0.2, 0.25) is 0 Å².